The molecule has 18 heavy (non-hydrogen) atoms. The average molecular weight is 243 g/mol. The van der Waals surface area contributed by atoms with Crippen LogP contribution in [0.5, 0.6) is 0 Å². The quantitative estimate of drug-likeness (QED) is 0.879. The number of nitrogens with one attached hydrogen (secondary N) is 1. The molecule has 2 rings (SSSR count). The summed E-state index contributed by atoms with van der Waals surface area (Å²) in [5, 5.41) is 12.1. The first-order chi connectivity index (χ1) is 8.39. The number of hydrogen-bond acceptors (Lipinski definition) is 4. The second kappa shape index (κ2) is 4.30. The fourth-order valence-corrected chi connectivity index (χ4v) is 1.62. The van der Waals surface area contributed by atoms with Gasteiger partial charge in [0, 0.05) is 24.5 Å². The van der Waals surface area contributed by atoms with E-state index in [1.807, 2.05) is 23.5 Å². The first-order valence-corrected chi connectivity index (χ1v) is 5.90. The van der Waals surface area contributed by atoms with Crippen molar-refractivity contribution in [2.75, 3.05) is 11.9 Å². The molecule has 0 spiro atoms. The zero-order chi connectivity index (χ0) is 13.3. The van der Waals surface area contributed by atoms with Gasteiger partial charge in [0.15, 0.2) is 5.69 Å². The van der Waals surface area contributed by atoms with Gasteiger partial charge in [0.2, 0.25) is 5.78 Å². The molecule has 5 heteroatoms. The second-order valence-electron chi connectivity index (χ2n) is 5.60. The molecule has 0 saturated heterocycles. The van der Waals surface area contributed by atoms with Crippen molar-refractivity contribution in [2.24, 2.45) is 5.41 Å². The Morgan fingerprint density at radius 1 is 1.39 bits per heavy atom. The number of aryl methyl sites for hydroxylation is 1. The summed E-state index contributed by atoms with van der Waals surface area (Å²) in [5.74, 6) is 1.35. The molecule has 0 saturated carbocycles. The molecule has 0 fully saturated rings. The Labute approximate surface area is 106 Å². The molecular weight excluding hydrogens is 226 g/mol. The van der Waals surface area contributed by atoms with E-state index < -0.39 is 0 Å². The molecule has 0 atom stereocenters. The standard InChI is InChI=1S/C13H17N5/c1-9-5-11(15-8-13(2,3)4)17-12-16-10(6-14)7-18(9)12/h5,7H,8H2,1-4H3,(H,15,16,17). The number of hydrogen-bond donors (Lipinski definition) is 1. The number of anilines is 1. The van der Waals surface area contributed by atoms with Crippen LogP contribution in [0.3, 0.4) is 0 Å². The van der Waals surface area contributed by atoms with Gasteiger partial charge in [0.1, 0.15) is 11.9 Å². The van der Waals surface area contributed by atoms with Crippen LogP contribution in [-0.2, 0) is 0 Å². The van der Waals surface area contributed by atoms with Crippen molar-refractivity contribution < 1.29 is 0 Å². The minimum atomic E-state index is 0.189. The van der Waals surface area contributed by atoms with Gasteiger partial charge in [0.25, 0.3) is 0 Å². The molecule has 1 N–H and O–H groups in total. The molecule has 94 valence electrons. The zero-order valence-corrected chi connectivity index (χ0v) is 11.2. The monoisotopic (exact) mass is 243 g/mol. The molecule has 0 aromatic carbocycles. The van der Waals surface area contributed by atoms with Crippen molar-refractivity contribution in [1.82, 2.24) is 14.4 Å². The molecule has 2 heterocycles. The minimum Gasteiger partial charge on any atom is -0.369 e. The molecular formula is C13H17N5. The molecule has 2 aromatic rings. The van der Waals surface area contributed by atoms with Crippen LogP contribution < -0.4 is 5.32 Å². The van der Waals surface area contributed by atoms with Gasteiger partial charge in [-0.3, -0.25) is 4.40 Å². The molecule has 2 aromatic heterocycles. The highest BCUT2D eigenvalue weighted by atomic mass is 15.1. The Bertz CT molecular complexity index is 613. The van der Waals surface area contributed by atoms with Gasteiger partial charge in [-0.15, -0.1) is 0 Å². The average Bonchev–Trinajstić information content (AvgIpc) is 2.69. The lowest BCUT2D eigenvalue weighted by molar-refractivity contribution is 0.442. The largest absolute Gasteiger partial charge is 0.369 e. The van der Waals surface area contributed by atoms with E-state index in [1.165, 1.54) is 0 Å². The number of imidazole rings is 1. The number of rotatable bonds is 2. The number of aromatic nitrogens is 3. The van der Waals surface area contributed by atoms with E-state index >= 15 is 0 Å². The van der Waals surface area contributed by atoms with E-state index in [-0.39, 0.29) is 5.41 Å². The summed E-state index contributed by atoms with van der Waals surface area (Å²) in [6.07, 6.45) is 1.70. The van der Waals surface area contributed by atoms with E-state index in [9.17, 15) is 0 Å². The maximum Gasteiger partial charge on any atom is 0.237 e. The van der Waals surface area contributed by atoms with Crippen molar-refractivity contribution in [1.29, 1.82) is 5.26 Å². The molecule has 0 aliphatic heterocycles. The Balaban J connectivity index is 2.34. The first-order valence-electron chi connectivity index (χ1n) is 5.90. The second-order valence-corrected chi connectivity index (χ2v) is 5.60. The Kier molecular flexibility index (Phi) is 2.95. The fourth-order valence-electron chi connectivity index (χ4n) is 1.62. The highest BCUT2D eigenvalue weighted by molar-refractivity contribution is 5.47. The molecule has 0 radical (unpaired) electrons. The van der Waals surface area contributed by atoms with E-state index in [2.05, 4.69) is 36.1 Å². The Morgan fingerprint density at radius 2 is 2.11 bits per heavy atom. The van der Waals surface area contributed by atoms with Crippen molar-refractivity contribution >= 4 is 11.6 Å². The van der Waals surface area contributed by atoms with Gasteiger partial charge >= 0.3 is 0 Å². The van der Waals surface area contributed by atoms with Crippen LogP contribution in [0.2, 0.25) is 0 Å². The van der Waals surface area contributed by atoms with Crippen LogP contribution in [0.1, 0.15) is 32.2 Å². The predicted octanol–water partition coefficient (Wildman–Crippen LogP) is 2.37. The van der Waals surface area contributed by atoms with E-state index in [0.29, 0.717) is 11.5 Å². The van der Waals surface area contributed by atoms with E-state index in [4.69, 9.17) is 5.26 Å². The maximum absolute atomic E-state index is 8.84. The van der Waals surface area contributed by atoms with Gasteiger partial charge in [-0.25, -0.2) is 0 Å². The highest BCUT2D eigenvalue weighted by Crippen LogP contribution is 2.16. The van der Waals surface area contributed by atoms with Crippen molar-refractivity contribution in [3.63, 3.8) is 0 Å². The first kappa shape index (κ1) is 12.4. The smallest absolute Gasteiger partial charge is 0.237 e. The van der Waals surface area contributed by atoms with Crippen molar-refractivity contribution in [3.8, 4) is 6.07 Å². The third kappa shape index (κ3) is 2.59. The van der Waals surface area contributed by atoms with Crippen LogP contribution >= 0.6 is 0 Å². The van der Waals surface area contributed by atoms with Crippen LogP contribution in [0, 0.1) is 23.7 Å². The van der Waals surface area contributed by atoms with Crippen molar-refractivity contribution in [3.05, 3.63) is 23.7 Å². The number of fused-ring (bicyclic) bond motifs is 1. The topological polar surface area (TPSA) is 66.0 Å². The molecule has 0 unspecified atom stereocenters. The van der Waals surface area contributed by atoms with E-state index in [0.717, 1.165) is 18.1 Å². The lowest BCUT2D eigenvalue weighted by Crippen LogP contribution is -2.19. The van der Waals surface area contributed by atoms with Gasteiger partial charge in [0.05, 0.1) is 0 Å². The normalized spacial score (nSPS) is 11.5. The van der Waals surface area contributed by atoms with Gasteiger partial charge < -0.3 is 5.32 Å². The predicted molar refractivity (Wildman–Crippen MR) is 70.4 cm³/mol. The Morgan fingerprint density at radius 3 is 2.72 bits per heavy atom. The molecule has 5 nitrogen and oxygen atoms in total. The van der Waals surface area contributed by atoms with E-state index in [1.54, 1.807) is 6.20 Å². The van der Waals surface area contributed by atoms with Gasteiger partial charge in [-0.2, -0.15) is 15.2 Å². The SMILES string of the molecule is Cc1cc(NCC(C)(C)C)nc2nc(C#N)cn12. The molecule has 0 amide bonds. The van der Waals surface area contributed by atoms with Crippen LogP contribution in [0.4, 0.5) is 5.82 Å². The third-order valence-electron chi connectivity index (χ3n) is 2.55. The zero-order valence-electron chi connectivity index (χ0n) is 11.2. The number of nitriles is 1. The lowest BCUT2D eigenvalue weighted by atomic mass is 9.97. The summed E-state index contributed by atoms with van der Waals surface area (Å²) in [4.78, 5) is 8.55. The van der Waals surface area contributed by atoms with Gasteiger partial charge in [-0.1, -0.05) is 20.8 Å². The highest BCUT2D eigenvalue weighted by Gasteiger charge is 2.11. The summed E-state index contributed by atoms with van der Waals surface area (Å²) >= 11 is 0. The van der Waals surface area contributed by atoms with Crippen LogP contribution in [0.15, 0.2) is 12.3 Å². The molecule has 0 aliphatic carbocycles. The summed E-state index contributed by atoms with van der Waals surface area (Å²) < 4.78 is 1.82. The van der Waals surface area contributed by atoms with Crippen LogP contribution in [0.25, 0.3) is 5.78 Å². The summed E-state index contributed by atoms with van der Waals surface area (Å²) in [7, 11) is 0. The fraction of sp³-hybridized carbons (Fsp3) is 0.462. The summed E-state index contributed by atoms with van der Waals surface area (Å²) in [6.45, 7) is 9.29. The third-order valence-corrected chi connectivity index (χ3v) is 2.55. The van der Waals surface area contributed by atoms with Gasteiger partial charge in [-0.05, 0) is 12.3 Å². The summed E-state index contributed by atoms with van der Waals surface area (Å²) in [6, 6.07) is 3.99. The Hall–Kier alpha value is -2.09. The maximum atomic E-state index is 8.84. The minimum absolute atomic E-state index is 0.189. The summed E-state index contributed by atoms with van der Waals surface area (Å²) in [5.41, 5.74) is 1.58. The number of nitrogens with zero attached hydrogens (tertiary/aromatic N) is 4. The molecule has 0 aliphatic rings. The lowest BCUT2D eigenvalue weighted by Gasteiger charge is -2.19. The van der Waals surface area contributed by atoms with Crippen LogP contribution in [-0.4, -0.2) is 20.9 Å². The van der Waals surface area contributed by atoms with Crippen molar-refractivity contribution in [2.45, 2.75) is 27.7 Å². The molecule has 0 bridgehead atoms.